The van der Waals surface area contributed by atoms with Crippen LogP contribution in [0.15, 0.2) is 29.1 Å². The van der Waals surface area contributed by atoms with Crippen LogP contribution in [-0.4, -0.2) is 49.3 Å². The lowest BCUT2D eigenvalue weighted by Gasteiger charge is -2.14. The molecule has 158 valence electrons. The number of aromatic nitrogens is 1. The molecular weight excluding hydrogens is 402 g/mol. The predicted molar refractivity (Wildman–Crippen MR) is 116 cm³/mol. The van der Waals surface area contributed by atoms with Crippen molar-refractivity contribution in [2.24, 2.45) is 0 Å². The van der Waals surface area contributed by atoms with Gasteiger partial charge in [-0.15, -0.1) is 11.3 Å². The number of nitriles is 1. The third kappa shape index (κ3) is 4.81. The maximum atomic E-state index is 13.1. The van der Waals surface area contributed by atoms with Gasteiger partial charge in [0.15, 0.2) is 5.57 Å². The third-order valence-corrected chi connectivity index (χ3v) is 6.11. The molecule has 1 fully saturated rings. The molecule has 0 radical (unpaired) electrons. The molecule has 7 nitrogen and oxygen atoms in total. The number of hydrogen-bond acceptors (Lipinski definition) is 6. The van der Waals surface area contributed by atoms with Gasteiger partial charge < -0.3 is 14.4 Å². The van der Waals surface area contributed by atoms with Gasteiger partial charge in [0.2, 0.25) is 0 Å². The first kappa shape index (κ1) is 21.8. The molecule has 1 aliphatic heterocycles. The number of thiazole rings is 1. The smallest absolute Gasteiger partial charge is 0.269 e. The van der Waals surface area contributed by atoms with Crippen LogP contribution in [0.3, 0.4) is 0 Å². The minimum atomic E-state index is -0.298. The van der Waals surface area contributed by atoms with E-state index in [0.29, 0.717) is 41.9 Å². The number of benzene rings is 1. The van der Waals surface area contributed by atoms with Gasteiger partial charge >= 0.3 is 0 Å². The number of likely N-dealkylation sites (tertiary alicyclic amines) is 1. The summed E-state index contributed by atoms with van der Waals surface area (Å²) in [5.41, 5.74) is 0.670. The van der Waals surface area contributed by atoms with Crippen molar-refractivity contribution in [1.29, 1.82) is 5.26 Å². The summed E-state index contributed by atoms with van der Waals surface area (Å²) in [6.45, 7) is 2.16. The summed E-state index contributed by atoms with van der Waals surface area (Å²) in [4.78, 5) is 27.7. The van der Waals surface area contributed by atoms with E-state index in [4.69, 9.17) is 9.47 Å². The summed E-state index contributed by atoms with van der Waals surface area (Å²) >= 11 is 1.18. The Morgan fingerprint density at radius 1 is 1.23 bits per heavy atom. The van der Waals surface area contributed by atoms with Crippen LogP contribution in [0.1, 0.15) is 24.8 Å². The van der Waals surface area contributed by atoms with Gasteiger partial charge in [-0.3, -0.25) is 14.2 Å². The molecule has 1 aliphatic rings. The van der Waals surface area contributed by atoms with Crippen LogP contribution in [0, 0.1) is 11.3 Å². The van der Waals surface area contributed by atoms with Gasteiger partial charge in [0.1, 0.15) is 16.5 Å². The number of nitrogens with zero attached hydrogens (tertiary/aromatic N) is 3. The van der Waals surface area contributed by atoms with Gasteiger partial charge in [0.05, 0.1) is 11.6 Å². The molecule has 0 atom stereocenters. The van der Waals surface area contributed by atoms with Crippen LogP contribution >= 0.6 is 11.3 Å². The van der Waals surface area contributed by atoms with E-state index >= 15 is 0 Å². The first-order valence-corrected chi connectivity index (χ1v) is 10.7. The zero-order chi connectivity index (χ0) is 21.5. The standard InChI is InChI=1S/C22H25N3O4S/c1-28-13-5-12-25-21(27)19(14-16-6-8-17(29-2)9-7-16)30-22(25)18(15-23)20(26)24-10-3-4-11-24/h6-9,14H,3-5,10-13H2,1-2H3/b19-14+,22-18+. The Morgan fingerprint density at radius 3 is 2.53 bits per heavy atom. The molecule has 1 saturated heterocycles. The van der Waals surface area contributed by atoms with Crippen molar-refractivity contribution in [2.45, 2.75) is 25.8 Å². The molecule has 0 saturated carbocycles. The highest BCUT2D eigenvalue weighted by Crippen LogP contribution is 2.13. The fraction of sp³-hybridized carbons (Fsp3) is 0.409. The van der Waals surface area contributed by atoms with Crippen LogP contribution < -0.4 is 19.5 Å². The molecule has 1 amide bonds. The average molecular weight is 428 g/mol. The lowest BCUT2D eigenvalue weighted by atomic mass is 10.2. The molecule has 0 bridgehead atoms. The maximum Gasteiger partial charge on any atom is 0.269 e. The monoisotopic (exact) mass is 427 g/mol. The summed E-state index contributed by atoms with van der Waals surface area (Å²) in [7, 11) is 3.20. The van der Waals surface area contributed by atoms with E-state index in [0.717, 1.165) is 24.2 Å². The van der Waals surface area contributed by atoms with Crippen LogP contribution in [0.25, 0.3) is 11.6 Å². The number of carbonyl (C=O) groups excluding carboxylic acids is 1. The van der Waals surface area contributed by atoms with Crippen LogP contribution in [0.4, 0.5) is 0 Å². The zero-order valence-electron chi connectivity index (χ0n) is 17.2. The van der Waals surface area contributed by atoms with E-state index in [-0.39, 0.29) is 17.0 Å². The second-order valence-electron chi connectivity index (χ2n) is 6.98. The Balaban J connectivity index is 2.13. The molecule has 0 spiro atoms. The van der Waals surface area contributed by atoms with Gasteiger partial charge in [-0.2, -0.15) is 5.26 Å². The minimum absolute atomic E-state index is 0.0331. The largest absolute Gasteiger partial charge is 0.497 e. The van der Waals surface area contributed by atoms with Crippen molar-refractivity contribution in [1.82, 2.24) is 9.47 Å². The SMILES string of the molecule is COCCCn1c(=O)/c(=C\c2ccc(OC)cc2)s/c1=C(\C#N)C(=O)N1CCCC1. The normalized spacial score (nSPS) is 15.2. The highest BCUT2D eigenvalue weighted by Gasteiger charge is 2.24. The quantitative estimate of drug-likeness (QED) is 0.618. The van der Waals surface area contributed by atoms with E-state index in [1.165, 1.54) is 15.9 Å². The minimum Gasteiger partial charge on any atom is -0.497 e. The van der Waals surface area contributed by atoms with Crippen molar-refractivity contribution in [3.8, 4) is 11.8 Å². The number of ether oxygens (including phenoxy) is 2. The van der Waals surface area contributed by atoms with E-state index in [1.54, 1.807) is 25.2 Å². The maximum absolute atomic E-state index is 13.1. The molecule has 1 aromatic heterocycles. The van der Waals surface area contributed by atoms with Gasteiger partial charge in [-0.1, -0.05) is 12.1 Å². The average Bonchev–Trinajstić information content (AvgIpc) is 3.40. The van der Waals surface area contributed by atoms with Crippen LogP contribution in [-0.2, 0) is 16.1 Å². The summed E-state index contributed by atoms with van der Waals surface area (Å²) < 4.78 is 12.7. The lowest BCUT2D eigenvalue weighted by Crippen LogP contribution is -2.36. The number of methoxy groups -OCH3 is 2. The van der Waals surface area contributed by atoms with Crippen molar-refractivity contribution in [3.05, 3.63) is 49.4 Å². The lowest BCUT2D eigenvalue weighted by molar-refractivity contribution is -0.123. The molecule has 0 unspecified atom stereocenters. The summed E-state index contributed by atoms with van der Waals surface area (Å²) in [5, 5.41) is 9.76. The van der Waals surface area contributed by atoms with Crippen LogP contribution in [0.2, 0.25) is 0 Å². The Hall–Kier alpha value is -2.89. The molecule has 0 aliphatic carbocycles. The molecule has 30 heavy (non-hydrogen) atoms. The van der Waals surface area contributed by atoms with E-state index in [9.17, 15) is 14.9 Å². The van der Waals surface area contributed by atoms with Crippen molar-refractivity contribution >= 4 is 28.9 Å². The molecule has 3 rings (SSSR count). The fourth-order valence-electron chi connectivity index (χ4n) is 3.39. The molecule has 2 aromatic rings. The van der Waals surface area contributed by atoms with E-state index in [1.807, 2.05) is 24.3 Å². The molecular formula is C22H25N3O4S. The summed E-state index contributed by atoms with van der Waals surface area (Å²) in [6.07, 6.45) is 4.26. The summed E-state index contributed by atoms with van der Waals surface area (Å²) in [5.74, 6) is 0.431. The topological polar surface area (TPSA) is 84.6 Å². The first-order chi connectivity index (χ1) is 14.6. The number of rotatable bonds is 7. The van der Waals surface area contributed by atoms with Gasteiger partial charge in [-0.05, 0) is 43.0 Å². The highest BCUT2D eigenvalue weighted by molar-refractivity contribution is 7.07. The predicted octanol–water partition coefficient (Wildman–Crippen LogP) is 1.08. The first-order valence-electron chi connectivity index (χ1n) is 9.87. The number of carbonyl (C=O) groups is 1. The second-order valence-corrected chi connectivity index (χ2v) is 8.01. The van der Waals surface area contributed by atoms with E-state index in [2.05, 4.69) is 6.07 Å². The fourth-order valence-corrected chi connectivity index (χ4v) is 4.51. The highest BCUT2D eigenvalue weighted by atomic mass is 32.1. The third-order valence-electron chi connectivity index (χ3n) is 4.98. The second kappa shape index (κ2) is 10.2. The Bertz CT molecular complexity index is 1100. The molecule has 8 heteroatoms. The molecule has 2 heterocycles. The zero-order valence-corrected chi connectivity index (χ0v) is 18.0. The van der Waals surface area contributed by atoms with Crippen molar-refractivity contribution in [3.63, 3.8) is 0 Å². The Labute approximate surface area is 179 Å². The van der Waals surface area contributed by atoms with Gasteiger partial charge in [0.25, 0.3) is 11.5 Å². The number of hydrogen-bond donors (Lipinski definition) is 0. The van der Waals surface area contributed by atoms with E-state index < -0.39 is 0 Å². The van der Waals surface area contributed by atoms with Crippen molar-refractivity contribution < 1.29 is 14.3 Å². The summed E-state index contributed by atoms with van der Waals surface area (Å²) in [6, 6.07) is 9.42. The number of amides is 1. The Morgan fingerprint density at radius 2 is 1.93 bits per heavy atom. The van der Waals surface area contributed by atoms with Gasteiger partial charge in [-0.25, -0.2) is 0 Å². The Kier molecular flexibility index (Phi) is 7.44. The van der Waals surface area contributed by atoms with Crippen LogP contribution in [0.5, 0.6) is 5.75 Å². The molecule has 0 N–H and O–H groups in total. The molecule has 1 aromatic carbocycles. The van der Waals surface area contributed by atoms with Crippen molar-refractivity contribution in [2.75, 3.05) is 33.9 Å². The van der Waals surface area contributed by atoms with Gasteiger partial charge in [0, 0.05) is 33.4 Å².